The van der Waals surface area contributed by atoms with Crippen LogP contribution < -0.4 is 0 Å². The molecule has 0 amide bonds. The quantitative estimate of drug-likeness (QED) is 0.407. The van der Waals surface area contributed by atoms with Crippen molar-refractivity contribution in [2.75, 3.05) is 13.2 Å². The van der Waals surface area contributed by atoms with Crippen molar-refractivity contribution in [3.8, 4) is 0 Å². The minimum Gasteiger partial charge on any atom is -0.394 e. The molecule has 0 saturated carbocycles. The molecule has 1 N–H and O–H groups in total. The predicted octanol–water partition coefficient (Wildman–Crippen LogP) is -0.0657. The molecule has 37 valence electrons. The van der Waals surface area contributed by atoms with Crippen molar-refractivity contribution in [1.29, 1.82) is 0 Å². The summed E-state index contributed by atoms with van der Waals surface area (Å²) < 4.78 is 13.6. The standard InChI is InChI=1S/C2H6O3P/c3-1-2-5-6-4/h3,6H,1-2H2. The Morgan fingerprint density at radius 2 is 2.50 bits per heavy atom. The zero-order valence-electron chi connectivity index (χ0n) is 3.18. The van der Waals surface area contributed by atoms with Crippen LogP contribution in [0, 0.1) is 0 Å². The summed E-state index contributed by atoms with van der Waals surface area (Å²) in [6.07, 6.45) is 0. The third kappa shape index (κ3) is 4.02. The third-order valence-corrected chi connectivity index (χ3v) is 0.574. The maximum Gasteiger partial charge on any atom is 0.198 e. The molecule has 0 bridgehead atoms. The van der Waals surface area contributed by atoms with E-state index in [1.165, 1.54) is 0 Å². The van der Waals surface area contributed by atoms with Crippen molar-refractivity contribution in [3.05, 3.63) is 0 Å². The summed E-state index contributed by atoms with van der Waals surface area (Å²) in [7, 11) is -0.745. The molecule has 0 aromatic rings. The van der Waals surface area contributed by atoms with Gasteiger partial charge in [-0.2, -0.15) is 0 Å². The molecule has 1 atom stereocenters. The average Bonchev–Trinajstić information content (AvgIpc) is 1.61. The van der Waals surface area contributed by atoms with Gasteiger partial charge in [0.2, 0.25) is 0 Å². The van der Waals surface area contributed by atoms with Gasteiger partial charge in [-0.3, -0.25) is 4.57 Å². The summed E-state index contributed by atoms with van der Waals surface area (Å²) in [6.45, 7) is 0.108. The van der Waals surface area contributed by atoms with E-state index in [2.05, 4.69) is 4.52 Å². The average molecular weight is 109 g/mol. The molecule has 0 aliphatic carbocycles. The lowest BCUT2D eigenvalue weighted by molar-refractivity contribution is 0.212. The van der Waals surface area contributed by atoms with Crippen LogP contribution in [0.3, 0.4) is 0 Å². The first-order valence-electron chi connectivity index (χ1n) is 1.51. The van der Waals surface area contributed by atoms with Gasteiger partial charge in [0.05, 0.1) is 13.2 Å². The van der Waals surface area contributed by atoms with E-state index in [0.29, 0.717) is 0 Å². The lowest BCUT2D eigenvalue weighted by Crippen LogP contribution is -1.88. The zero-order valence-corrected chi connectivity index (χ0v) is 4.18. The Hall–Kier alpha value is 0.0200. The summed E-state index contributed by atoms with van der Waals surface area (Å²) in [4.78, 5) is 0. The maximum absolute atomic E-state index is 9.38. The molecular formula is C2H6O3P. The number of aliphatic hydroxyl groups excluding tert-OH is 1. The molecule has 1 radical (unpaired) electrons. The van der Waals surface area contributed by atoms with Crippen molar-refractivity contribution in [3.63, 3.8) is 0 Å². The van der Waals surface area contributed by atoms with Crippen molar-refractivity contribution in [1.82, 2.24) is 0 Å². The van der Waals surface area contributed by atoms with Crippen LogP contribution in [0.1, 0.15) is 0 Å². The zero-order chi connectivity index (χ0) is 4.83. The van der Waals surface area contributed by atoms with E-state index in [-0.39, 0.29) is 13.2 Å². The van der Waals surface area contributed by atoms with Crippen LogP contribution in [-0.2, 0) is 9.09 Å². The molecule has 4 heteroatoms. The fraction of sp³-hybridized carbons (Fsp3) is 1.00. The Kier molecular flexibility index (Phi) is 5.04. The van der Waals surface area contributed by atoms with Crippen LogP contribution in [0.25, 0.3) is 0 Å². The summed E-state index contributed by atoms with van der Waals surface area (Å²) in [5.41, 5.74) is 0. The first kappa shape index (κ1) is 6.02. The Morgan fingerprint density at radius 1 is 1.83 bits per heavy atom. The molecule has 6 heavy (non-hydrogen) atoms. The molecule has 0 rings (SSSR count). The summed E-state index contributed by atoms with van der Waals surface area (Å²) in [6, 6.07) is 0. The van der Waals surface area contributed by atoms with E-state index >= 15 is 0 Å². The summed E-state index contributed by atoms with van der Waals surface area (Å²) in [5.74, 6) is 0. The van der Waals surface area contributed by atoms with Gasteiger partial charge < -0.3 is 9.63 Å². The Bertz CT molecular complexity index is 37.8. The minimum absolute atomic E-state index is 0.0603. The molecule has 0 aliphatic heterocycles. The van der Waals surface area contributed by atoms with Gasteiger partial charge in [-0.05, 0) is 0 Å². The monoisotopic (exact) mass is 109 g/mol. The van der Waals surface area contributed by atoms with Gasteiger partial charge in [0, 0.05) is 0 Å². The molecule has 0 aliphatic rings. The topological polar surface area (TPSA) is 46.5 Å². The largest absolute Gasteiger partial charge is 0.394 e. The highest BCUT2D eigenvalue weighted by Crippen LogP contribution is 1.89. The highest BCUT2D eigenvalue weighted by molar-refractivity contribution is 7.17. The second-order valence-electron chi connectivity index (χ2n) is 0.655. The highest BCUT2D eigenvalue weighted by Gasteiger charge is 1.73. The predicted molar refractivity (Wildman–Crippen MR) is 22.0 cm³/mol. The molecule has 3 nitrogen and oxygen atoms in total. The SMILES string of the molecule is O=[PH]OCCO. The van der Waals surface area contributed by atoms with Gasteiger partial charge in [0.15, 0.2) is 8.69 Å². The number of hydrogen-bond donors (Lipinski definition) is 1. The lowest BCUT2D eigenvalue weighted by Gasteiger charge is -1.82. The van der Waals surface area contributed by atoms with E-state index in [9.17, 15) is 4.57 Å². The molecule has 1 unspecified atom stereocenters. The van der Waals surface area contributed by atoms with E-state index in [0.717, 1.165) is 0 Å². The fourth-order valence-corrected chi connectivity index (χ4v) is 0.262. The molecular weight excluding hydrogens is 103 g/mol. The van der Waals surface area contributed by atoms with Crippen LogP contribution in [0.5, 0.6) is 0 Å². The van der Waals surface area contributed by atoms with Crippen LogP contribution in [-0.4, -0.2) is 18.3 Å². The van der Waals surface area contributed by atoms with Gasteiger partial charge in [-0.15, -0.1) is 0 Å². The normalized spacial score (nSPS) is 9.50. The van der Waals surface area contributed by atoms with Crippen molar-refractivity contribution >= 4 is 8.69 Å². The number of rotatable bonds is 3. The smallest absolute Gasteiger partial charge is 0.198 e. The molecule has 0 fully saturated rings. The fourth-order valence-electron chi connectivity index (χ4n) is 0.0873. The van der Waals surface area contributed by atoms with Gasteiger partial charge in [-0.25, -0.2) is 0 Å². The second kappa shape index (κ2) is 5.02. The summed E-state index contributed by atoms with van der Waals surface area (Å²) in [5, 5.41) is 7.94. The first-order chi connectivity index (χ1) is 2.91. The van der Waals surface area contributed by atoms with Crippen LogP contribution in [0.15, 0.2) is 0 Å². The molecule has 0 spiro atoms. The van der Waals surface area contributed by atoms with Gasteiger partial charge >= 0.3 is 0 Å². The van der Waals surface area contributed by atoms with E-state index < -0.39 is 8.69 Å². The maximum atomic E-state index is 9.38. The van der Waals surface area contributed by atoms with Crippen LogP contribution in [0.2, 0.25) is 0 Å². The van der Waals surface area contributed by atoms with Crippen molar-refractivity contribution in [2.45, 2.75) is 0 Å². The van der Waals surface area contributed by atoms with Gasteiger partial charge in [0.25, 0.3) is 0 Å². The molecule has 0 aromatic carbocycles. The Morgan fingerprint density at radius 3 is 2.67 bits per heavy atom. The number of hydrogen-bond acceptors (Lipinski definition) is 3. The molecule has 0 saturated heterocycles. The van der Waals surface area contributed by atoms with E-state index in [1.807, 2.05) is 0 Å². The van der Waals surface area contributed by atoms with Gasteiger partial charge in [0.1, 0.15) is 0 Å². The highest BCUT2D eigenvalue weighted by atomic mass is 31.1. The van der Waals surface area contributed by atoms with E-state index in [4.69, 9.17) is 5.11 Å². The van der Waals surface area contributed by atoms with Crippen LogP contribution in [0.4, 0.5) is 0 Å². The van der Waals surface area contributed by atoms with Crippen molar-refractivity contribution in [2.24, 2.45) is 0 Å². The lowest BCUT2D eigenvalue weighted by atomic mass is 10.8. The van der Waals surface area contributed by atoms with Gasteiger partial charge in [-0.1, -0.05) is 0 Å². The first-order valence-corrected chi connectivity index (χ1v) is 2.33. The summed E-state index contributed by atoms with van der Waals surface area (Å²) >= 11 is 0. The third-order valence-electron chi connectivity index (χ3n) is 0.252. The minimum atomic E-state index is -0.745. The van der Waals surface area contributed by atoms with E-state index in [1.54, 1.807) is 0 Å². The number of aliphatic hydroxyl groups is 1. The van der Waals surface area contributed by atoms with Crippen LogP contribution >= 0.6 is 8.69 Å². The molecule has 0 heterocycles. The second-order valence-corrected chi connectivity index (χ2v) is 1.11. The Balaban J connectivity index is 2.49. The molecule has 0 aromatic heterocycles. The Labute approximate surface area is 37.2 Å². The van der Waals surface area contributed by atoms with Crippen molar-refractivity contribution < 1.29 is 14.2 Å².